The maximum absolute atomic E-state index is 12.7. The number of likely N-dealkylation sites (N-methyl/N-ethyl adjacent to an activating group) is 1. The Morgan fingerprint density at radius 1 is 1.47 bits per heavy atom. The quantitative estimate of drug-likeness (QED) is 0.875. The molecule has 0 bridgehead atoms. The number of rotatable bonds is 2. The van der Waals surface area contributed by atoms with Gasteiger partial charge in [0.25, 0.3) is 5.91 Å². The van der Waals surface area contributed by atoms with Gasteiger partial charge in [0.1, 0.15) is 5.69 Å². The summed E-state index contributed by atoms with van der Waals surface area (Å²) in [5.41, 5.74) is 7.17. The van der Waals surface area contributed by atoms with E-state index in [1.807, 2.05) is 22.6 Å². The summed E-state index contributed by atoms with van der Waals surface area (Å²) in [6, 6.07) is 2.02. The van der Waals surface area contributed by atoms with Gasteiger partial charge in [0, 0.05) is 31.9 Å². The van der Waals surface area contributed by atoms with Gasteiger partial charge in [-0.2, -0.15) is 0 Å². The van der Waals surface area contributed by atoms with Gasteiger partial charge in [-0.3, -0.25) is 4.79 Å². The number of carbonyl (C=O) groups excluding carboxylic acids is 1. The molecule has 0 saturated carbocycles. The zero-order valence-corrected chi connectivity index (χ0v) is 12.1. The third kappa shape index (κ3) is 2.92. The lowest BCUT2D eigenvalue weighted by Crippen LogP contribution is -2.42. The van der Waals surface area contributed by atoms with E-state index in [9.17, 15) is 4.79 Å². The molecular formula is C14H24N4O. The summed E-state index contributed by atoms with van der Waals surface area (Å²) in [7, 11) is 2.11. The number of nitrogens with two attached hydrogens (primary N) is 1. The van der Waals surface area contributed by atoms with Gasteiger partial charge in [-0.05, 0) is 39.9 Å². The molecule has 0 aliphatic carbocycles. The molecule has 1 aliphatic heterocycles. The van der Waals surface area contributed by atoms with Gasteiger partial charge in [-0.15, -0.1) is 0 Å². The van der Waals surface area contributed by atoms with E-state index in [2.05, 4.69) is 18.9 Å². The number of nitrogens with zero attached hydrogens (tertiary/aromatic N) is 3. The maximum Gasteiger partial charge on any atom is 0.270 e. The van der Waals surface area contributed by atoms with E-state index in [0.717, 1.165) is 32.6 Å². The lowest BCUT2D eigenvalue weighted by molar-refractivity contribution is 0.0685. The van der Waals surface area contributed by atoms with Gasteiger partial charge in [0.2, 0.25) is 0 Å². The average molecular weight is 264 g/mol. The molecule has 2 heterocycles. The molecule has 0 radical (unpaired) electrons. The summed E-state index contributed by atoms with van der Waals surface area (Å²) in [4.78, 5) is 17.0. The lowest BCUT2D eigenvalue weighted by Gasteiger charge is -2.28. The van der Waals surface area contributed by atoms with E-state index >= 15 is 0 Å². The van der Waals surface area contributed by atoms with E-state index in [0.29, 0.717) is 11.4 Å². The van der Waals surface area contributed by atoms with E-state index in [-0.39, 0.29) is 11.9 Å². The van der Waals surface area contributed by atoms with Gasteiger partial charge in [0.15, 0.2) is 0 Å². The zero-order valence-electron chi connectivity index (χ0n) is 12.1. The van der Waals surface area contributed by atoms with Gasteiger partial charge in [-0.1, -0.05) is 0 Å². The third-order valence-corrected chi connectivity index (χ3v) is 3.79. The highest BCUT2D eigenvalue weighted by Gasteiger charge is 2.26. The smallest absolute Gasteiger partial charge is 0.270 e. The van der Waals surface area contributed by atoms with E-state index < -0.39 is 0 Å². The summed E-state index contributed by atoms with van der Waals surface area (Å²) < 4.78 is 1.93. The summed E-state index contributed by atoms with van der Waals surface area (Å²) in [5, 5.41) is 0. The Hall–Kier alpha value is -1.49. The highest BCUT2D eigenvalue weighted by Crippen LogP contribution is 2.17. The van der Waals surface area contributed by atoms with E-state index in [1.54, 1.807) is 6.07 Å². The fourth-order valence-electron chi connectivity index (χ4n) is 2.79. The van der Waals surface area contributed by atoms with Crippen LogP contribution in [-0.2, 0) is 6.54 Å². The Balaban J connectivity index is 2.22. The van der Waals surface area contributed by atoms with Crippen molar-refractivity contribution in [3.8, 4) is 0 Å². The first-order valence-electron chi connectivity index (χ1n) is 6.98. The second-order valence-electron chi connectivity index (χ2n) is 5.41. The van der Waals surface area contributed by atoms with Crippen LogP contribution in [0.5, 0.6) is 0 Å². The maximum atomic E-state index is 12.7. The lowest BCUT2D eigenvalue weighted by atomic mass is 10.2. The van der Waals surface area contributed by atoms with Crippen molar-refractivity contribution in [1.29, 1.82) is 0 Å². The summed E-state index contributed by atoms with van der Waals surface area (Å²) in [5.74, 6) is 0.0985. The molecular weight excluding hydrogens is 240 g/mol. The van der Waals surface area contributed by atoms with E-state index in [1.165, 1.54) is 0 Å². The molecule has 5 nitrogen and oxygen atoms in total. The van der Waals surface area contributed by atoms with Crippen molar-refractivity contribution in [2.24, 2.45) is 0 Å². The molecule has 1 aliphatic rings. The fraction of sp³-hybridized carbons (Fsp3) is 0.643. The number of nitrogen functional groups attached to an aromatic ring is 1. The second kappa shape index (κ2) is 5.65. The molecule has 1 atom stereocenters. The highest BCUT2D eigenvalue weighted by atomic mass is 16.2. The van der Waals surface area contributed by atoms with Gasteiger partial charge >= 0.3 is 0 Å². The SMILES string of the molecule is CCn1cc(N)cc1C(=O)N1CCCN(C)CC1C. The number of hydrogen-bond acceptors (Lipinski definition) is 3. The van der Waals surface area contributed by atoms with Crippen molar-refractivity contribution < 1.29 is 4.79 Å². The van der Waals surface area contributed by atoms with Crippen molar-refractivity contribution in [3.63, 3.8) is 0 Å². The van der Waals surface area contributed by atoms with Crippen LogP contribution in [0.15, 0.2) is 12.3 Å². The first kappa shape index (κ1) is 13.9. The van der Waals surface area contributed by atoms with E-state index in [4.69, 9.17) is 5.73 Å². The monoisotopic (exact) mass is 264 g/mol. The molecule has 0 aromatic carbocycles. The number of aryl methyl sites for hydroxylation is 1. The standard InChI is InChI=1S/C14H24N4O/c1-4-17-10-12(15)8-13(17)14(19)18-7-5-6-16(3)9-11(18)2/h8,10-11H,4-7,9,15H2,1-3H3. The predicted molar refractivity (Wildman–Crippen MR) is 77.1 cm³/mol. The molecule has 1 saturated heterocycles. The second-order valence-corrected chi connectivity index (χ2v) is 5.41. The van der Waals surface area contributed by atoms with Crippen molar-refractivity contribution in [1.82, 2.24) is 14.4 Å². The summed E-state index contributed by atoms with van der Waals surface area (Å²) >= 11 is 0. The summed E-state index contributed by atoms with van der Waals surface area (Å²) in [6.07, 6.45) is 2.86. The van der Waals surface area contributed by atoms with Gasteiger partial charge in [0.05, 0.1) is 5.69 Å². The number of anilines is 1. The van der Waals surface area contributed by atoms with Crippen LogP contribution in [0, 0.1) is 0 Å². The largest absolute Gasteiger partial charge is 0.397 e. The van der Waals surface area contributed by atoms with Crippen molar-refractivity contribution in [2.45, 2.75) is 32.9 Å². The summed E-state index contributed by atoms with van der Waals surface area (Å²) in [6.45, 7) is 7.69. The minimum absolute atomic E-state index is 0.0985. The molecule has 1 fully saturated rings. The topological polar surface area (TPSA) is 54.5 Å². The van der Waals surface area contributed by atoms with Crippen molar-refractivity contribution in [2.75, 3.05) is 32.4 Å². The van der Waals surface area contributed by atoms with Crippen LogP contribution in [0.3, 0.4) is 0 Å². The molecule has 5 heteroatoms. The molecule has 1 aromatic heterocycles. The minimum atomic E-state index is 0.0985. The third-order valence-electron chi connectivity index (χ3n) is 3.79. The molecule has 0 spiro atoms. The molecule has 1 amide bonds. The number of aromatic nitrogens is 1. The van der Waals surface area contributed by atoms with Gasteiger partial charge in [-0.25, -0.2) is 0 Å². The molecule has 2 rings (SSSR count). The minimum Gasteiger partial charge on any atom is -0.397 e. The first-order valence-corrected chi connectivity index (χ1v) is 6.98. The highest BCUT2D eigenvalue weighted by molar-refractivity contribution is 5.94. The normalized spacial score (nSPS) is 21.4. The van der Waals surface area contributed by atoms with Crippen molar-refractivity contribution in [3.05, 3.63) is 18.0 Å². The van der Waals surface area contributed by atoms with Crippen LogP contribution in [0.2, 0.25) is 0 Å². The van der Waals surface area contributed by atoms with Crippen LogP contribution in [0.1, 0.15) is 30.8 Å². The Bertz CT molecular complexity index is 454. The van der Waals surface area contributed by atoms with Gasteiger partial charge < -0.3 is 20.1 Å². The predicted octanol–water partition coefficient (Wildman–Crippen LogP) is 1.26. The molecule has 19 heavy (non-hydrogen) atoms. The Kier molecular flexibility index (Phi) is 4.14. The Labute approximate surface area is 115 Å². The molecule has 1 unspecified atom stereocenters. The van der Waals surface area contributed by atoms with Crippen LogP contribution < -0.4 is 5.73 Å². The van der Waals surface area contributed by atoms with Crippen LogP contribution in [-0.4, -0.2) is 53.0 Å². The van der Waals surface area contributed by atoms with Crippen molar-refractivity contribution >= 4 is 11.6 Å². The van der Waals surface area contributed by atoms with Crippen LogP contribution >= 0.6 is 0 Å². The molecule has 2 N–H and O–H groups in total. The Morgan fingerprint density at radius 2 is 2.21 bits per heavy atom. The van der Waals surface area contributed by atoms with Crippen LogP contribution in [0.4, 0.5) is 5.69 Å². The molecule has 1 aromatic rings. The zero-order chi connectivity index (χ0) is 14.0. The molecule has 106 valence electrons. The fourth-order valence-corrected chi connectivity index (χ4v) is 2.79. The average Bonchev–Trinajstić information content (AvgIpc) is 2.66. The first-order chi connectivity index (χ1) is 9.02. The van der Waals surface area contributed by atoms with Crippen LogP contribution in [0.25, 0.3) is 0 Å². The number of hydrogen-bond donors (Lipinski definition) is 1. The number of amides is 1. The Morgan fingerprint density at radius 3 is 2.89 bits per heavy atom. The number of carbonyl (C=O) groups is 1.